The maximum absolute atomic E-state index is 12.8. The topological polar surface area (TPSA) is 82.3 Å². The average molecular weight is 480 g/mol. The molecule has 0 spiro atoms. The van der Waals surface area contributed by atoms with Gasteiger partial charge in [0.1, 0.15) is 4.21 Å². The second-order valence-electron chi connectivity index (χ2n) is 7.99. The molecule has 0 radical (unpaired) electrons. The number of nitrogens with one attached hydrogen (secondary N) is 2. The Morgan fingerprint density at radius 2 is 2.00 bits per heavy atom. The fraction of sp³-hybridized carbons (Fsp3) is 0.409. The third kappa shape index (κ3) is 4.82. The highest BCUT2D eigenvalue weighted by Gasteiger charge is 2.34. The minimum Gasteiger partial charge on any atom is -0.361 e. The zero-order valence-electron chi connectivity index (χ0n) is 17.3. The van der Waals surface area contributed by atoms with E-state index in [4.69, 9.17) is 11.6 Å². The first kappa shape index (κ1) is 22.3. The molecule has 0 bridgehead atoms. The molecule has 31 heavy (non-hydrogen) atoms. The molecule has 3 heterocycles. The first-order chi connectivity index (χ1) is 14.9. The molecule has 1 saturated heterocycles. The van der Waals surface area contributed by atoms with Crippen LogP contribution in [0.4, 0.5) is 0 Å². The summed E-state index contributed by atoms with van der Waals surface area (Å²) in [6.07, 6.45) is 4.12. The molecule has 2 N–H and O–H groups in total. The molecule has 3 aromatic rings. The van der Waals surface area contributed by atoms with Gasteiger partial charge in [0.2, 0.25) is 5.91 Å². The Balaban J connectivity index is 1.27. The number of hydrogen-bond donors (Lipinski definition) is 2. The van der Waals surface area contributed by atoms with Crippen LogP contribution in [0.5, 0.6) is 0 Å². The lowest BCUT2D eigenvalue weighted by Crippen LogP contribution is -2.42. The Morgan fingerprint density at radius 1 is 1.26 bits per heavy atom. The molecule has 4 rings (SSSR count). The molecule has 1 fully saturated rings. The van der Waals surface area contributed by atoms with Gasteiger partial charge in [-0.2, -0.15) is 4.31 Å². The number of fused-ring (bicyclic) bond motifs is 1. The molecule has 2 aromatic heterocycles. The molecule has 1 atom stereocenters. The molecule has 1 aromatic carbocycles. The molecule has 1 aliphatic heterocycles. The van der Waals surface area contributed by atoms with Gasteiger partial charge < -0.3 is 10.3 Å². The van der Waals surface area contributed by atoms with E-state index in [1.165, 1.54) is 15.3 Å². The monoisotopic (exact) mass is 479 g/mol. The number of amides is 1. The van der Waals surface area contributed by atoms with Crippen LogP contribution in [0, 0.1) is 11.8 Å². The number of nitrogens with zero attached hydrogens (tertiary/aromatic N) is 1. The second kappa shape index (κ2) is 9.32. The van der Waals surface area contributed by atoms with Crippen molar-refractivity contribution in [1.29, 1.82) is 0 Å². The SMILES string of the molecule is C[C@H](C(=O)NCCc1c[nH]c2ccccc12)C1CCN(S(=O)(=O)c2ccc(Cl)s2)CC1. The summed E-state index contributed by atoms with van der Waals surface area (Å²) in [6.45, 7) is 3.37. The summed E-state index contributed by atoms with van der Waals surface area (Å²) in [5, 5.41) is 4.24. The quantitative estimate of drug-likeness (QED) is 0.530. The number of carbonyl (C=O) groups excluding carboxylic acids is 1. The molecule has 0 aliphatic carbocycles. The number of aromatic nitrogens is 1. The molecular weight excluding hydrogens is 454 g/mol. The van der Waals surface area contributed by atoms with Crippen molar-refractivity contribution in [2.45, 2.75) is 30.4 Å². The van der Waals surface area contributed by atoms with Crippen LogP contribution >= 0.6 is 22.9 Å². The number of benzene rings is 1. The number of para-hydroxylation sites is 1. The van der Waals surface area contributed by atoms with E-state index in [0.717, 1.165) is 23.3 Å². The standard InChI is InChI=1S/C22H26ClN3O3S2/c1-15(22(27)24-11-8-17-14-25-19-5-3-2-4-18(17)19)16-9-12-26(13-10-16)31(28,29)21-7-6-20(23)30-21/h2-7,14-16,25H,8-13H2,1H3,(H,24,27)/t15-/m0/s1. The summed E-state index contributed by atoms with van der Waals surface area (Å²) < 4.78 is 27.8. The minimum absolute atomic E-state index is 0.0335. The predicted octanol–water partition coefficient (Wildman–Crippen LogP) is 4.28. The van der Waals surface area contributed by atoms with E-state index in [-0.39, 0.29) is 22.0 Å². The predicted molar refractivity (Wildman–Crippen MR) is 125 cm³/mol. The fourth-order valence-electron chi connectivity index (χ4n) is 4.21. The molecule has 1 aliphatic rings. The van der Waals surface area contributed by atoms with E-state index in [1.807, 2.05) is 31.3 Å². The number of hydrogen-bond acceptors (Lipinski definition) is 4. The third-order valence-electron chi connectivity index (χ3n) is 6.13. The lowest BCUT2D eigenvalue weighted by Gasteiger charge is -2.33. The molecule has 1 amide bonds. The van der Waals surface area contributed by atoms with Crippen molar-refractivity contribution in [3.63, 3.8) is 0 Å². The molecular formula is C22H26ClN3O3S2. The van der Waals surface area contributed by atoms with Crippen molar-refractivity contribution in [2.75, 3.05) is 19.6 Å². The second-order valence-corrected chi connectivity index (χ2v) is 11.9. The highest BCUT2D eigenvalue weighted by Crippen LogP contribution is 2.32. The first-order valence-corrected chi connectivity index (χ1v) is 13.1. The number of rotatable bonds is 7. The van der Waals surface area contributed by atoms with Crippen LogP contribution in [0.25, 0.3) is 10.9 Å². The van der Waals surface area contributed by atoms with Crippen LogP contribution in [0.3, 0.4) is 0 Å². The van der Waals surface area contributed by atoms with Crippen molar-refractivity contribution < 1.29 is 13.2 Å². The van der Waals surface area contributed by atoms with Crippen LogP contribution < -0.4 is 5.32 Å². The molecule has 166 valence electrons. The normalized spacial score (nSPS) is 17.1. The van der Waals surface area contributed by atoms with E-state index in [2.05, 4.69) is 16.4 Å². The maximum atomic E-state index is 12.8. The van der Waals surface area contributed by atoms with Gasteiger partial charge >= 0.3 is 0 Å². The van der Waals surface area contributed by atoms with Gasteiger partial charge in [-0.05, 0) is 48.9 Å². The number of carbonyl (C=O) groups is 1. The summed E-state index contributed by atoms with van der Waals surface area (Å²) >= 11 is 6.98. The Labute approximate surface area is 191 Å². The Kier molecular flexibility index (Phi) is 6.71. The van der Waals surface area contributed by atoms with Gasteiger partial charge in [0.25, 0.3) is 10.0 Å². The van der Waals surface area contributed by atoms with Gasteiger partial charge in [0.15, 0.2) is 0 Å². The van der Waals surface area contributed by atoms with E-state index in [1.54, 1.807) is 12.1 Å². The van der Waals surface area contributed by atoms with Crippen LogP contribution in [0.2, 0.25) is 4.34 Å². The molecule has 0 saturated carbocycles. The highest BCUT2D eigenvalue weighted by molar-refractivity contribution is 7.91. The van der Waals surface area contributed by atoms with Gasteiger partial charge in [-0.1, -0.05) is 36.7 Å². The van der Waals surface area contributed by atoms with Gasteiger partial charge in [-0.3, -0.25) is 4.79 Å². The summed E-state index contributed by atoms with van der Waals surface area (Å²) in [5.41, 5.74) is 2.29. The van der Waals surface area contributed by atoms with Gasteiger partial charge in [0.05, 0.1) is 4.34 Å². The zero-order chi connectivity index (χ0) is 22.0. The Bertz CT molecular complexity index is 1160. The Morgan fingerprint density at radius 3 is 2.71 bits per heavy atom. The van der Waals surface area contributed by atoms with Crippen LogP contribution in [-0.4, -0.2) is 43.2 Å². The number of H-pyrrole nitrogens is 1. The Hall–Kier alpha value is -1.87. The number of piperidine rings is 1. The van der Waals surface area contributed by atoms with Crippen molar-refractivity contribution in [3.8, 4) is 0 Å². The smallest absolute Gasteiger partial charge is 0.252 e. The molecule has 6 nitrogen and oxygen atoms in total. The van der Waals surface area contributed by atoms with Crippen molar-refractivity contribution in [1.82, 2.24) is 14.6 Å². The summed E-state index contributed by atoms with van der Waals surface area (Å²) in [5.74, 6) is 0.0571. The van der Waals surface area contributed by atoms with E-state index in [0.29, 0.717) is 36.8 Å². The number of halogens is 1. The first-order valence-electron chi connectivity index (χ1n) is 10.4. The summed E-state index contributed by atoms with van der Waals surface area (Å²) in [7, 11) is -3.50. The van der Waals surface area contributed by atoms with E-state index >= 15 is 0 Å². The average Bonchev–Trinajstić information content (AvgIpc) is 3.40. The number of sulfonamides is 1. The van der Waals surface area contributed by atoms with E-state index in [9.17, 15) is 13.2 Å². The van der Waals surface area contributed by atoms with Crippen molar-refractivity contribution >= 4 is 49.8 Å². The van der Waals surface area contributed by atoms with Crippen LogP contribution in [0.1, 0.15) is 25.3 Å². The highest BCUT2D eigenvalue weighted by atomic mass is 35.5. The van der Waals surface area contributed by atoms with Crippen LogP contribution in [0.15, 0.2) is 46.8 Å². The largest absolute Gasteiger partial charge is 0.361 e. The summed E-state index contributed by atoms with van der Waals surface area (Å²) in [4.78, 5) is 15.9. The van der Waals surface area contributed by atoms with Gasteiger partial charge in [-0.25, -0.2) is 8.42 Å². The maximum Gasteiger partial charge on any atom is 0.252 e. The fourth-order valence-corrected chi connectivity index (χ4v) is 7.32. The molecule has 0 unspecified atom stereocenters. The van der Waals surface area contributed by atoms with Crippen LogP contribution in [-0.2, 0) is 21.2 Å². The summed E-state index contributed by atoms with van der Waals surface area (Å²) in [6, 6.07) is 11.3. The van der Waals surface area contributed by atoms with E-state index < -0.39 is 10.0 Å². The lowest BCUT2D eigenvalue weighted by atomic mass is 9.85. The minimum atomic E-state index is -3.50. The van der Waals surface area contributed by atoms with Gasteiger partial charge in [0, 0.05) is 42.7 Å². The van der Waals surface area contributed by atoms with Gasteiger partial charge in [-0.15, -0.1) is 11.3 Å². The number of aromatic amines is 1. The third-order valence-corrected chi connectivity index (χ3v) is 9.73. The van der Waals surface area contributed by atoms with Crippen molar-refractivity contribution in [3.05, 3.63) is 52.5 Å². The number of thiophene rings is 1. The van der Waals surface area contributed by atoms with Crippen molar-refractivity contribution in [2.24, 2.45) is 11.8 Å². The lowest BCUT2D eigenvalue weighted by molar-refractivity contribution is -0.126. The zero-order valence-corrected chi connectivity index (χ0v) is 19.7. The molecule has 9 heteroatoms.